The van der Waals surface area contributed by atoms with Crippen molar-refractivity contribution in [2.45, 2.75) is 33.2 Å². The molecule has 1 aromatic heterocycles. The first-order chi connectivity index (χ1) is 15.1. The maximum absolute atomic E-state index is 12.8. The maximum atomic E-state index is 12.8. The van der Waals surface area contributed by atoms with Gasteiger partial charge in [0.1, 0.15) is 5.39 Å². The fourth-order valence-corrected chi connectivity index (χ4v) is 4.97. The van der Waals surface area contributed by atoms with Gasteiger partial charge in [-0.3, -0.25) is 4.79 Å². The van der Waals surface area contributed by atoms with Gasteiger partial charge in [-0.25, -0.2) is 0 Å². The van der Waals surface area contributed by atoms with Crippen LogP contribution in [0.25, 0.3) is 27.6 Å². The van der Waals surface area contributed by atoms with Crippen LogP contribution in [0.4, 0.5) is 0 Å². The van der Waals surface area contributed by atoms with Crippen LogP contribution in [0.3, 0.4) is 0 Å². The van der Waals surface area contributed by atoms with Gasteiger partial charge in [-0.15, -0.1) is 0 Å². The molecule has 0 saturated heterocycles. The van der Waals surface area contributed by atoms with Crippen molar-refractivity contribution in [3.05, 3.63) is 47.7 Å². The second-order valence-electron chi connectivity index (χ2n) is 8.06. The van der Waals surface area contributed by atoms with Gasteiger partial charge in [0, 0.05) is 23.8 Å². The topological polar surface area (TPSA) is 57.9 Å². The molecule has 0 saturated carbocycles. The minimum Gasteiger partial charge on any atom is -1.00 e. The van der Waals surface area contributed by atoms with E-state index in [0.29, 0.717) is 23.5 Å². The van der Waals surface area contributed by atoms with Crippen LogP contribution < -0.4 is 35.9 Å². The highest BCUT2D eigenvalue weighted by molar-refractivity contribution is 6.22. The highest BCUT2D eigenvalue weighted by atomic mass is 35.5. The molecule has 0 amide bonds. The fourth-order valence-electron chi connectivity index (χ4n) is 4.97. The van der Waals surface area contributed by atoms with Gasteiger partial charge in [0.15, 0.2) is 35.3 Å². The summed E-state index contributed by atoms with van der Waals surface area (Å²) in [6, 6.07) is 8.12. The molecule has 0 atom stereocenters. The van der Waals surface area contributed by atoms with E-state index in [-0.39, 0.29) is 31.8 Å². The van der Waals surface area contributed by atoms with E-state index in [1.807, 2.05) is 19.1 Å². The molecule has 0 spiro atoms. The number of carbonyl (C=O) groups is 1. The summed E-state index contributed by atoms with van der Waals surface area (Å²) < 4.78 is 25.0. The Labute approximate surface area is 191 Å². The lowest BCUT2D eigenvalue weighted by atomic mass is 9.88. The lowest BCUT2D eigenvalue weighted by Crippen LogP contribution is -3.00. The second-order valence-corrected chi connectivity index (χ2v) is 8.06. The summed E-state index contributed by atoms with van der Waals surface area (Å²) in [5.74, 6) is 2.95. The van der Waals surface area contributed by atoms with E-state index in [2.05, 4.69) is 30.2 Å². The number of nitrogens with zero attached hydrogens (tertiary/aromatic N) is 1. The zero-order chi connectivity index (χ0) is 21.3. The number of allylic oxidation sites excluding steroid dienone is 1. The Balaban J connectivity index is 0.00000216. The van der Waals surface area contributed by atoms with E-state index in [0.717, 1.165) is 57.8 Å². The monoisotopic (exact) mass is 451 g/mol. The second kappa shape index (κ2) is 7.41. The number of rotatable bonds is 3. The molecule has 32 heavy (non-hydrogen) atoms. The van der Waals surface area contributed by atoms with Gasteiger partial charge in [0.05, 0.1) is 11.1 Å². The van der Waals surface area contributed by atoms with E-state index in [1.54, 1.807) is 0 Å². The number of hydrogen-bond acceptors (Lipinski definition) is 5. The number of carbonyl (C=O) groups excluding carboxylic acids is 1. The molecule has 0 unspecified atom stereocenters. The summed E-state index contributed by atoms with van der Waals surface area (Å²) in [6.07, 6.45) is 1.22. The molecular formula is C25H22ClNO5. The van der Waals surface area contributed by atoms with Crippen LogP contribution in [0.5, 0.6) is 23.0 Å². The first-order valence-corrected chi connectivity index (χ1v) is 10.5. The Hall–Kier alpha value is -3.25. The summed E-state index contributed by atoms with van der Waals surface area (Å²) in [5, 5.41) is 1.92. The smallest absolute Gasteiger partial charge is 0.231 e. The Morgan fingerprint density at radius 3 is 2.56 bits per heavy atom. The molecule has 0 N–H and O–H groups in total. The molecule has 6 rings (SSSR count). The first-order valence-electron chi connectivity index (χ1n) is 10.5. The summed E-state index contributed by atoms with van der Waals surface area (Å²) in [4.78, 5) is 12.8. The molecule has 7 heteroatoms. The van der Waals surface area contributed by atoms with Gasteiger partial charge >= 0.3 is 0 Å². The SMILES string of the molecule is C=C(C(=O)CC)c1c2c3c(ccc2c(C)c2[n+]1CCc1cc4c(cc1-2)OCO4)OCO3.[Cl-]. The van der Waals surface area contributed by atoms with Crippen molar-refractivity contribution in [3.8, 4) is 34.3 Å². The molecule has 0 aliphatic carbocycles. The van der Waals surface area contributed by atoms with Gasteiger partial charge < -0.3 is 31.4 Å². The number of pyridine rings is 1. The van der Waals surface area contributed by atoms with Crippen molar-refractivity contribution in [2.75, 3.05) is 13.6 Å². The highest BCUT2D eigenvalue weighted by Gasteiger charge is 2.37. The number of hydrogen-bond donors (Lipinski definition) is 0. The Kier molecular flexibility index (Phi) is 4.78. The number of benzene rings is 2. The number of ketones is 1. The summed E-state index contributed by atoms with van der Waals surface area (Å²) >= 11 is 0. The molecule has 3 aliphatic rings. The predicted octanol–water partition coefficient (Wildman–Crippen LogP) is 1.11. The van der Waals surface area contributed by atoms with Crippen LogP contribution in [-0.4, -0.2) is 19.4 Å². The van der Waals surface area contributed by atoms with Gasteiger partial charge in [0.2, 0.25) is 25.0 Å². The zero-order valence-electron chi connectivity index (χ0n) is 17.9. The first kappa shape index (κ1) is 20.6. The molecule has 6 nitrogen and oxygen atoms in total. The van der Waals surface area contributed by atoms with Crippen LogP contribution in [0, 0.1) is 6.92 Å². The number of aryl methyl sites for hydroxylation is 2. The molecule has 2 aromatic carbocycles. The molecule has 4 heterocycles. The lowest BCUT2D eigenvalue weighted by molar-refractivity contribution is -0.688. The predicted molar refractivity (Wildman–Crippen MR) is 115 cm³/mol. The Morgan fingerprint density at radius 2 is 1.78 bits per heavy atom. The van der Waals surface area contributed by atoms with Crippen LogP contribution in [-0.2, 0) is 17.8 Å². The minimum absolute atomic E-state index is 0. The minimum atomic E-state index is 0. The maximum Gasteiger partial charge on any atom is 0.231 e. The quantitative estimate of drug-likeness (QED) is 0.441. The van der Waals surface area contributed by atoms with E-state index in [4.69, 9.17) is 18.9 Å². The molecule has 3 aromatic rings. The van der Waals surface area contributed by atoms with Crippen molar-refractivity contribution in [2.24, 2.45) is 0 Å². The van der Waals surface area contributed by atoms with Crippen molar-refractivity contribution in [3.63, 3.8) is 0 Å². The summed E-state index contributed by atoms with van der Waals surface area (Å²) in [5.41, 5.74) is 5.82. The Morgan fingerprint density at radius 1 is 1.06 bits per heavy atom. The van der Waals surface area contributed by atoms with Gasteiger partial charge in [-0.1, -0.05) is 13.5 Å². The normalized spacial score (nSPS) is 14.6. The van der Waals surface area contributed by atoms with Crippen molar-refractivity contribution in [1.29, 1.82) is 0 Å². The highest BCUT2D eigenvalue weighted by Crippen LogP contribution is 2.46. The molecule has 0 fully saturated rings. The average Bonchev–Trinajstić information content (AvgIpc) is 3.45. The third kappa shape index (κ3) is 2.72. The van der Waals surface area contributed by atoms with E-state index < -0.39 is 0 Å². The van der Waals surface area contributed by atoms with Gasteiger partial charge in [0.25, 0.3) is 0 Å². The van der Waals surface area contributed by atoms with Crippen LogP contribution in [0.15, 0.2) is 30.8 Å². The average molecular weight is 452 g/mol. The van der Waals surface area contributed by atoms with Gasteiger partial charge in [-0.2, -0.15) is 4.57 Å². The molecule has 3 aliphatic heterocycles. The standard InChI is InChI=1S/C25H22NO5.ClH/c1-4-18(27)14(3)24-22-16(5-6-19-25(22)31-12-28-19)13(2)23-17-10-21-20(29-11-30-21)9-15(17)7-8-26(23)24;/h5-6,9-10H,3-4,7-8,11-12H2,1-2H3;1H/q+1;/p-1. The van der Waals surface area contributed by atoms with Gasteiger partial charge in [-0.05, 0) is 36.8 Å². The number of aromatic nitrogens is 1. The number of halogens is 1. The number of ether oxygens (including phenoxy) is 4. The fraction of sp³-hybridized carbons (Fsp3) is 0.280. The van der Waals surface area contributed by atoms with Crippen LogP contribution in [0.2, 0.25) is 0 Å². The molecule has 164 valence electrons. The molecule has 0 radical (unpaired) electrons. The van der Waals surface area contributed by atoms with Crippen LogP contribution in [0.1, 0.15) is 30.2 Å². The number of Topliss-reactive ketones (excluding diaryl/α,β-unsaturated/α-hetero) is 1. The van der Waals surface area contributed by atoms with Crippen molar-refractivity contribution >= 4 is 22.1 Å². The Bertz CT molecular complexity index is 1330. The van der Waals surface area contributed by atoms with E-state index in [9.17, 15) is 4.79 Å². The largest absolute Gasteiger partial charge is 1.00 e. The summed E-state index contributed by atoms with van der Waals surface area (Å²) in [6.45, 7) is 9.34. The third-order valence-corrected chi connectivity index (χ3v) is 6.48. The lowest BCUT2D eigenvalue weighted by Gasteiger charge is -2.22. The molecular weight excluding hydrogens is 430 g/mol. The van der Waals surface area contributed by atoms with Crippen LogP contribution >= 0.6 is 0 Å². The molecule has 0 bridgehead atoms. The van der Waals surface area contributed by atoms with E-state index in [1.165, 1.54) is 5.56 Å². The zero-order valence-corrected chi connectivity index (χ0v) is 18.7. The summed E-state index contributed by atoms with van der Waals surface area (Å²) in [7, 11) is 0. The number of fused-ring (bicyclic) bond motifs is 7. The van der Waals surface area contributed by atoms with Crippen molar-refractivity contribution in [1.82, 2.24) is 0 Å². The van der Waals surface area contributed by atoms with E-state index >= 15 is 0 Å². The third-order valence-electron chi connectivity index (χ3n) is 6.48. The van der Waals surface area contributed by atoms with Crippen molar-refractivity contribution < 1.29 is 40.7 Å².